The molecule has 1 rings (SSSR count). The van der Waals surface area contributed by atoms with E-state index in [1.165, 1.54) is 6.08 Å². The monoisotopic (exact) mass is 133 g/mol. The summed E-state index contributed by atoms with van der Waals surface area (Å²) in [5.41, 5.74) is 5.67. The van der Waals surface area contributed by atoms with E-state index in [-0.39, 0.29) is 11.5 Å². The molecule has 0 aromatic heterocycles. The second-order valence-corrected chi connectivity index (χ2v) is 3.94. The lowest BCUT2D eigenvalue weighted by Gasteiger charge is -1.86. The molecule has 0 spiro atoms. The lowest BCUT2D eigenvalue weighted by Crippen LogP contribution is -2.06. The first-order valence-electron chi connectivity index (χ1n) is 2.25. The molecule has 0 radical (unpaired) electrons. The minimum Gasteiger partial charge on any atom is -0.401 e. The third-order valence-corrected chi connectivity index (χ3v) is 2.43. The number of nitrogens with two attached hydrogens (primary N) is 1. The van der Waals surface area contributed by atoms with Crippen molar-refractivity contribution in [1.82, 2.24) is 0 Å². The molecule has 0 bridgehead atoms. The third kappa shape index (κ3) is 1.01. The summed E-state index contributed by atoms with van der Waals surface area (Å²) in [5.74, 6) is 0.172. The first kappa shape index (κ1) is 5.62. The van der Waals surface area contributed by atoms with Gasteiger partial charge in [0.05, 0.1) is 11.5 Å². The molecule has 0 aliphatic carbocycles. The summed E-state index contributed by atoms with van der Waals surface area (Å²) in [5, 5.41) is 0. The zero-order valence-electron chi connectivity index (χ0n) is 4.29. The Hall–Kier alpha value is -0.510. The summed E-state index contributed by atoms with van der Waals surface area (Å²) >= 11 is 0. The molecule has 0 amide bonds. The smallest absolute Gasteiger partial charge is 0.159 e. The lowest BCUT2D eigenvalue weighted by atomic mass is 10.5. The Kier molecular flexibility index (Phi) is 1.04. The predicted octanol–water partition coefficient (Wildman–Crippen LogP) is -0.743. The molecule has 8 heavy (non-hydrogen) atoms. The average molecular weight is 133 g/mol. The summed E-state index contributed by atoms with van der Waals surface area (Å²) in [6, 6.07) is 0. The molecule has 0 fully saturated rings. The van der Waals surface area contributed by atoms with Gasteiger partial charge in [0.25, 0.3) is 0 Å². The Balaban J connectivity index is 2.85. The van der Waals surface area contributed by atoms with E-state index in [2.05, 4.69) is 0 Å². The van der Waals surface area contributed by atoms with Gasteiger partial charge in [-0.15, -0.1) is 0 Å². The van der Waals surface area contributed by atoms with Gasteiger partial charge < -0.3 is 5.73 Å². The molecular formula is C4H7NO2S. The van der Waals surface area contributed by atoms with Gasteiger partial charge in [0.1, 0.15) is 0 Å². The molecule has 3 nitrogen and oxygen atoms in total. The molecule has 4 heteroatoms. The van der Waals surface area contributed by atoms with E-state index in [1.807, 2.05) is 0 Å². The highest BCUT2D eigenvalue weighted by molar-refractivity contribution is 7.92. The summed E-state index contributed by atoms with van der Waals surface area (Å²) in [4.78, 5) is 0. The molecule has 0 saturated heterocycles. The van der Waals surface area contributed by atoms with Crippen LogP contribution in [0.1, 0.15) is 0 Å². The highest BCUT2D eigenvalue weighted by atomic mass is 32.2. The highest BCUT2D eigenvalue weighted by Crippen LogP contribution is 2.04. The maximum Gasteiger partial charge on any atom is 0.159 e. The number of sulfone groups is 1. The summed E-state index contributed by atoms with van der Waals surface area (Å²) in [6.45, 7) is 0. The van der Waals surface area contributed by atoms with Crippen molar-refractivity contribution in [3.63, 3.8) is 0 Å². The molecule has 0 aromatic rings. The van der Waals surface area contributed by atoms with Crippen LogP contribution < -0.4 is 5.73 Å². The lowest BCUT2D eigenvalue weighted by molar-refractivity contribution is 0.603. The van der Waals surface area contributed by atoms with Crippen molar-refractivity contribution >= 4 is 9.84 Å². The first-order chi connectivity index (χ1) is 3.60. The van der Waals surface area contributed by atoms with Gasteiger partial charge in [-0.1, -0.05) is 0 Å². The molecule has 46 valence electrons. The molecule has 0 saturated carbocycles. The minimum atomic E-state index is -2.81. The van der Waals surface area contributed by atoms with Crippen LogP contribution >= 0.6 is 0 Å². The van der Waals surface area contributed by atoms with Crippen molar-refractivity contribution in [2.45, 2.75) is 0 Å². The van der Waals surface area contributed by atoms with Gasteiger partial charge in [0, 0.05) is 5.70 Å². The summed E-state index contributed by atoms with van der Waals surface area (Å²) in [7, 11) is -2.81. The molecule has 1 aliphatic rings. The quantitative estimate of drug-likeness (QED) is 0.473. The third-order valence-electron chi connectivity index (χ3n) is 0.986. The first-order valence-corrected chi connectivity index (χ1v) is 4.07. The fourth-order valence-corrected chi connectivity index (χ4v) is 1.82. The fraction of sp³-hybridized carbons (Fsp3) is 0.500. The molecule has 0 aromatic carbocycles. The molecular weight excluding hydrogens is 126 g/mol. The van der Waals surface area contributed by atoms with Crippen LogP contribution in [0.2, 0.25) is 0 Å². The van der Waals surface area contributed by atoms with Crippen LogP contribution in [0.4, 0.5) is 0 Å². The maximum absolute atomic E-state index is 10.5. The van der Waals surface area contributed by atoms with Crippen LogP contribution in [0, 0.1) is 0 Å². The maximum atomic E-state index is 10.5. The van der Waals surface area contributed by atoms with Gasteiger partial charge in [-0.25, -0.2) is 8.42 Å². The van der Waals surface area contributed by atoms with E-state index in [9.17, 15) is 8.42 Å². The molecule has 2 N–H and O–H groups in total. The van der Waals surface area contributed by atoms with E-state index in [0.717, 1.165) is 0 Å². The van der Waals surface area contributed by atoms with Crippen LogP contribution in [0.25, 0.3) is 0 Å². The standard InChI is InChI=1S/C4H7NO2S/c5-4-1-2-8(6,7)3-4/h1H,2-3,5H2. The molecule has 1 heterocycles. The van der Waals surface area contributed by atoms with Crippen LogP contribution in [-0.4, -0.2) is 19.9 Å². The van der Waals surface area contributed by atoms with Crippen molar-refractivity contribution < 1.29 is 8.42 Å². The molecule has 0 atom stereocenters. The van der Waals surface area contributed by atoms with Crippen molar-refractivity contribution in [3.8, 4) is 0 Å². The molecule has 0 unspecified atom stereocenters. The zero-order valence-corrected chi connectivity index (χ0v) is 5.11. The van der Waals surface area contributed by atoms with Gasteiger partial charge in [-0.2, -0.15) is 0 Å². The van der Waals surface area contributed by atoms with Crippen molar-refractivity contribution in [2.24, 2.45) is 5.73 Å². The molecule has 1 aliphatic heterocycles. The van der Waals surface area contributed by atoms with Gasteiger partial charge in [0.2, 0.25) is 0 Å². The Labute approximate surface area is 48.1 Å². The van der Waals surface area contributed by atoms with Crippen molar-refractivity contribution in [2.75, 3.05) is 11.5 Å². The fourth-order valence-electron chi connectivity index (χ4n) is 0.606. The Morgan fingerprint density at radius 2 is 2.25 bits per heavy atom. The van der Waals surface area contributed by atoms with E-state index in [1.54, 1.807) is 0 Å². The Morgan fingerprint density at radius 1 is 1.62 bits per heavy atom. The van der Waals surface area contributed by atoms with Crippen LogP contribution in [0.3, 0.4) is 0 Å². The topological polar surface area (TPSA) is 60.2 Å². The van der Waals surface area contributed by atoms with Gasteiger partial charge in [0.15, 0.2) is 9.84 Å². The zero-order chi connectivity index (χ0) is 6.20. The Bertz CT molecular complexity index is 214. The minimum absolute atomic E-state index is 0.0486. The summed E-state index contributed by atoms with van der Waals surface area (Å²) < 4.78 is 21.0. The van der Waals surface area contributed by atoms with Crippen LogP contribution in [-0.2, 0) is 9.84 Å². The SMILES string of the molecule is NC1=CCS(=O)(=O)C1. The normalized spacial score (nSPS) is 25.2. The number of rotatable bonds is 0. The van der Waals surface area contributed by atoms with Crippen LogP contribution in [0.5, 0.6) is 0 Å². The average Bonchev–Trinajstić information content (AvgIpc) is 1.82. The van der Waals surface area contributed by atoms with E-state index < -0.39 is 9.84 Å². The Morgan fingerprint density at radius 3 is 2.38 bits per heavy atom. The van der Waals surface area contributed by atoms with Crippen molar-refractivity contribution in [3.05, 3.63) is 11.8 Å². The number of hydrogen-bond donors (Lipinski definition) is 1. The van der Waals surface area contributed by atoms with Gasteiger partial charge in [-0.3, -0.25) is 0 Å². The predicted molar refractivity (Wildman–Crippen MR) is 30.9 cm³/mol. The van der Waals surface area contributed by atoms with E-state index >= 15 is 0 Å². The van der Waals surface area contributed by atoms with Crippen molar-refractivity contribution in [1.29, 1.82) is 0 Å². The van der Waals surface area contributed by atoms with Crippen LogP contribution in [0.15, 0.2) is 11.8 Å². The second-order valence-electron chi connectivity index (χ2n) is 1.83. The van der Waals surface area contributed by atoms with Gasteiger partial charge in [-0.05, 0) is 6.08 Å². The van der Waals surface area contributed by atoms with E-state index in [0.29, 0.717) is 5.70 Å². The van der Waals surface area contributed by atoms with E-state index in [4.69, 9.17) is 5.73 Å². The largest absolute Gasteiger partial charge is 0.401 e. The number of hydrogen-bond acceptors (Lipinski definition) is 3. The summed E-state index contributed by atoms with van der Waals surface area (Å²) in [6.07, 6.45) is 1.54. The second kappa shape index (κ2) is 1.48. The van der Waals surface area contributed by atoms with Gasteiger partial charge >= 0.3 is 0 Å². The highest BCUT2D eigenvalue weighted by Gasteiger charge is 2.16.